The molecule has 2 nitrogen and oxygen atoms in total. The molecule has 0 bridgehead atoms. The summed E-state index contributed by atoms with van der Waals surface area (Å²) in [7, 11) is 0. The van der Waals surface area contributed by atoms with E-state index in [0.29, 0.717) is 0 Å². The first-order chi connectivity index (χ1) is 3.18. The van der Waals surface area contributed by atoms with Gasteiger partial charge in [0.1, 0.15) is 0 Å². The van der Waals surface area contributed by atoms with Gasteiger partial charge in [-0.15, -0.1) is 0 Å². The summed E-state index contributed by atoms with van der Waals surface area (Å²) in [6.45, 7) is 0. The standard InChI is InChI=1S/C2HF3O2.Cr/c3-1(4)2(6)7-5;/h1H;. The van der Waals surface area contributed by atoms with Gasteiger partial charge in [-0.3, -0.25) is 0 Å². The molecule has 0 N–H and O–H groups in total. The molecule has 0 aliphatic carbocycles. The predicted molar refractivity (Wildman–Crippen MR) is 13.2 cm³/mol. The normalized spacial score (nSPS) is 8.00. The molecule has 48 valence electrons. The van der Waals surface area contributed by atoms with E-state index >= 15 is 0 Å². The summed E-state index contributed by atoms with van der Waals surface area (Å²) < 4.78 is 31.7. The van der Waals surface area contributed by atoms with Crippen LogP contribution in [0.3, 0.4) is 0 Å². The van der Waals surface area contributed by atoms with Gasteiger partial charge in [0.25, 0.3) is 0 Å². The Balaban J connectivity index is 0. The second-order valence-electron chi connectivity index (χ2n) is 0.697. The molecule has 0 aliphatic heterocycles. The summed E-state index contributed by atoms with van der Waals surface area (Å²) in [6, 6.07) is 0. The largest absolute Gasteiger partial charge is 0.414 e. The van der Waals surface area contributed by atoms with Gasteiger partial charge < -0.3 is 0 Å². The van der Waals surface area contributed by atoms with Crippen molar-refractivity contribution in [2.24, 2.45) is 0 Å². The molecule has 0 aromatic rings. The first-order valence-corrected chi connectivity index (χ1v) is 1.29. The number of halogens is 3. The van der Waals surface area contributed by atoms with E-state index in [-0.39, 0.29) is 17.4 Å². The molecule has 0 radical (unpaired) electrons. The van der Waals surface area contributed by atoms with Gasteiger partial charge >= 0.3 is 12.4 Å². The predicted octanol–water partition coefficient (Wildman–Crippen LogP) is 0.677. The van der Waals surface area contributed by atoms with Crippen molar-refractivity contribution in [3.05, 3.63) is 0 Å². The third-order valence-corrected chi connectivity index (χ3v) is 0.254. The monoisotopic (exact) mass is 166 g/mol. The third-order valence-electron chi connectivity index (χ3n) is 0.254. The van der Waals surface area contributed by atoms with Crippen LogP contribution in [0.2, 0.25) is 0 Å². The molecule has 0 unspecified atom stereocenters. The molecule has 0 fully saturated rings. The van der Waals surface area contributed by atoms with Crippen LogP contribution in [0.1, 0.15) is 0 Å². The Morgan fingerprint density at radius 3 is 1.88 bits per heavy atom. The number of rotatable bonds is 1. The first-order valence-electron chi connectivity index (χ1n) is 1.29. The van der Waals surface area contributed by atoms with Crippen molar-refractivity contribution in [3.8, 4) is 0 Å². The number of alkyl halides is 2. The molecule has 0 aromatic carbocycles. The van der Waals surface area contributed by atoms with E-state index < -0.39 is 12.4 Å². The van der Waals surface area contributed by atoms with Crippen LogP contribution in [-0.4, -0.2) is 12.4 Å². The number of carbonyl (C=O) groups is 1. The second kappa shape index (κ2) is 4.94. The maximum atomic E-state index is 10.7. The van der Waals surface area contributed by atoms with E-state index in [1.54, 1.807) is 0 Å². The van der Waals surface area contributed by atoms with Crippen LogP contribution >= 0.6 is 0 Å². The van der Waals surface area contributed by atoms with E-state index in [9.17, 15) is 13.3 Å². The van der Waals surface area contributed by atoms with Crippen molar-refractivity contribution in [1.82, 2.24) is 0 Å². The van der Waals surface area contributed by atoms with Gasteiger partial charge in [-0.05, 0) is 0 Å². The fraction of sp³-hybridized carbons (Fsp3) is 0.500. The second-order valence-corrected chi connectivity index (χ2v) is 0.697. The topological polar surface area (TPSA) is 26.3 Å². The molecule has 0 rings (SSSR count). The summed E-state index contributed by atoms with van der Waals surface area (Å²) >= 11 is 0. The average molecular weight is 166 g/mol. The Hall–Kier alpha value is -0.208. The van der Waals surface area contributed by atoms with Crippen molar-refractivity contribution in [3.63, 3.8) is 0 Å². The summed E-state index contributed by atoms with van der Waals surface area (Å²) in [5, 5.41) is 0. The number of carbonyl (C=O) groups excluding carboxylic acids is 1. The minimum atomic E-state index is -3.37. The molecule has 0 atom stereocenters. The van der Waals surface area contributed by atoms with Gasteiger partial charge in [-0.1, -0.05) is 0 Å². The maximum absolute atomic E-state index is 10.7. The van der Waals surface area contributed by atoms with Crippen molar-refractivity contribution >= 4 is 5.97 Å². The van der Waals surface area contributed by atoms with Crippen LogP contribution in [0.15, 0.2) is 0 Å². The molecule has 0 amide bonds. The van der Waals surface area contributed by atoms with Crippen LogP contribution in [0.25, 0.3) is 0 Å². The Morgan fingerprint density at radius 1 is 1.50 bits per heavy atom. The summed E-state index contributed by atoms with van der Waals surface area (Å²) in [5.74, 6) is -2.15. The smallest absolute Gasteiger partial charge is 0.248 e. The fourth-order valence-electron chi connectivity index (χ4n) is 0.0337. The van der Waals surface area contributed by atoms with Crippen LogP contribution in [0.4, 0.5) is 13.3 Å². The Labute approximate surface area is 53.6 Å². The quantitative estimate of drug-likeness (QED) is 0.572. The van der Waals surface area contributed by atoms with Crippen molar-refractivity contribution in [2.75, 3.05) is 0 Å². The van der Waals surface area contributed by atoms with Gasteiger partial charge in [0.2, 0.25) is 0 Å². The van der Waals surface area contributed by atoms with Gasteiger partial charge in [-0.25, -0.2) is 9.74 Å². The van der Waals surface area contributed by atoms with E-state index in [0.717, 1.165) is 0 Å². The molecule has 8 heavy (non-hydrogen) atoms. The van der Waals surface area contributed by atoms with Crippen molar-refractivity contribution < 1.29 is 40.4 Å². The van der Waals surface area contributed by atoms with Gasteiger partial charge in [0.05, 0.1) is 0 Å². The molecule has 6 heteroatoms. The van der Waals surface area contributed by atoms with E-state index in [2.05, 4.69) is 4.94 Å². The number of hydrogen-bond acceptors (Lipinski definition) is 2. The number of hydrogen-bond donors (Lipinski definition) is 0. The zero-order valence-electron chi connectivity index (χ0n) is 3.44. The minimum Gasteiger partial charge on any atom is -0.248 e. The van der Waals surface area contributed by atoms with Crippen LogP contribution in [0.5, 0.6) is 0 Å². The molecule has 0 saturated heterocycles. The SMILES string of the molecule is O=C(OF)C(F)F.[Cr]. The Morgan fingerprint density at radius 2 is 1.88 bits per heavy atom. The third kappa shape index (κ3) is 3.97. The molecule has 0 saturated carbocycles. The molecule has 0 spiro atoms. The average Bonchev–Trinajstić information content (AvgIpc) is 1.65. The van der Waals surface area contributed by atoms with Crippen molar-refractivity contribution in [2.45, 2.75) is 6.43 Å². The zero-order valence-corrected chi connectivity index (χ0v) is 4.71. The molecular formula is C2HCrF3O2. The summed E-state index contributed by atoms with van der Waals surface area (Å²) in [5.41, 5.74) is 0. The van der Waals surface area contributed by atoms with Crippen LogP contribution < -0.4 is 0 Å². The van der Waals surface area contributed by atoms with Crippen molar-refractivity contribution in [1.29, 1.82) is 0 Å². The van der Waals surface area contributed by atoms with Crippen LogP contribution in [0, 0.1) is 0 Å². The maximum Gasteiger partial charge on any atom is 0.414 e. The van der Waals surface area contributed by atoms with Gasteiger partial charge in [0, 0.05) is 21.9 Å². The summed E-state index contributed by atoms with van der Waals surface area (Å²) in [6.07, 6.45) is -3.37. The van der Waals surface area contributed by atoms with E-state index in [1.165, 1.54) is 0 Å². The zero-order chi connectivity index (χ0) is 5.86. The first kappa shape index (κ1) is 10.7. The van der Waals surface area contributed by atoms with E-state index in [1.807, 2.05) is 0 Å². The summed E-state index contributed by atoms with van der Waals surface area (Å²) in [4.78, 5) is 11.3. The fourth-order valence-corrected chi connectivity index (χ4v) is 0.0337. The van der Waals surface area contributed by atoms with Crippen LogP contribution in [-0.2, 0) is 27.1 Å². The molecular weight excluding hydrogens is 165 g/mol. The van der Waals surface area contributed by atoms with Gasteiger partial charge in [0.15, 0.2) is 0 Å². The molecule has 0 aliphatic rings. The Kier molecular flexibility index (Phi) is 6.62. The minimum absolute atomic E-state index is 0. The molecule has 0 aromatic heterocycles. The van der Waals surface area contributed by atoms with E-state index in [4.69, 9.17) is 4.79 Å². The van der Waals surface area contributed by atoms with Gasteiger partial charge in [-0.2, -0.15) is 8.78 Å². The molecule has 0 heterocycles. The Bertz CT molecular complexity index is 75.7.